The lowest BCUT2D eigenvalue weighted by atomic mass is 9.99. The fourth-order valence-corrected chi connectivity index (χ4v) is 2.91. The minimum Gasteiger partial charge on any atom is -0.314 e. The van der Waals surface area contributed by atoms with E-state index in [0.717, 1.165) is 41.4 Å². The van der Waals surface area contributed by atoms with Crippen molar-refractivity contribution in [1.82, 2.24) is 5.32 Å². The van der Waals surface area contributed by atoms with Crippen molar-refractivity contribution in [2.75, 3.05) is 6.54 Å². The maximum absolute atomic E-state index is 6.27. The van der Waals surface area contributed by atoms with Crippen molar-refractivity contribution in [1.29, 1.82) is 0 Å². The van der Waals surface area contributed by atoms with Crippen LogP contribution in [0.3, 0.4) is 0 Å². The lowest BCUT2D eigenvalue weighted by Gasteiger charge is -2.19. The van der Waals surface area contributed by atoms with E-state index in [9.17, 15) is 0 Å². The van der Waals surface area contributed by atoms with Crippen LogP contribution in [-0.4, -0.2) is 12.6 Å². The first-order chi connectivity index (χ1) is 10.2. The van der Waals surface area contributed by atoms with Crippen LogP contribution in [0, 0.1) is 0 Å². The van der Waals surface area contributed by atoms with E-state index in [0.29, 0.717) is 6.04 Å². The molecule has 0 radical (unpaired) electrons. The Balaban J connectivity index is 2.00. The Morgan fingerprint density at radius 1 is 1.05 bits per heavy atom. The highest BCUT2D eigenvalue weighted by Gasteiger charge is 2.11. The average molecular weight is 322 g/mol. The molecular weight excluding hydrogens is 301 g/mol. The van der Waals surface area contributed by atoms with Crippen molar-refractivity contribution < 1.29 is 0 Å². The van der Waals surface area contributed by atoms with Crippen molar-refractivity contribution in [2.24, 2.45) is 0 Å². The van der Waals surface area contributed by atoms with E-state index >= 15 is 0 Å². The maximum atomic E-state index is 6.27. The molecule has 1 unspecified atom stereocenters. The fraction of sp³-hybridized carbons (Fsp3) is 0.333. The molecule has 0 aliphatic carbocycles. The molecule has 2 aromatic rings. The van der Waals surface area contributed by atoms with Crippen LogP contribution in [0.15, 0.2) is 48.5 Å². The van der Waals surface area contributed by atoms with Crippen LogP contribution in [0.5, 0.6) is 0 Å². The van der Waals surface area contributed by atoms with Gasteiger partial charge in [-0.1, -0.05) is 60.5 Å². The lowest BCUT2D eigenvalue weighted by molar-refractivity contribution is 0.491. The van der Waals surface area contributed by atoms with Gasteiger partial charge in [-0.15, -0.1) is 0 Å². The number of aryl methyl sites for hydroxylation is 1. The fourth-order valence-electron chi connectivity index (χ4n) is 2.52. The molecule has 0 saturated carbocycles. The smallest absolute Gasteiger partial charge is 0.0439 e. The van der Waals surface area contributed by atoms with Gasteiger partial charge < -0.3 is 5.32 Å². The average Bonchev–Trinajstić information content (AvgIpc) is 2.50. The van der Waals surface area contributed by atoms with Gasteiger partial charge in [-0.25, -0.2) is 0 Å². The first-order valence-electron chi connectivity index (χ1n) is 7.40. The van der Waals surface area contributed by atoms with Crippen LogP contribution in [0.2, 0.25) is 10.0 Å². The molecule has 0 spiro atoms. The Morgan fingerprint density at radius 3 is 2.52 bits per heavy atom. The Hall–Kier alpha value is -1.02. The van der Waals surface area contributed by atoms with Crippen LogP contribution in [0.1, 0.15) is 24.5 Å². The summed E-state index contributed by atoms with van der Waals surface area (Å²) in [7, 11) is 0. The number of likely N-dealkylation sites (N-methyl/N-ethyl adjacent to an activating group) is 1. The molecule has 3 heteroatoms. The highest BCUT2D eigenvalue weighted by Crippen LogP contribution is 2.22. The summed E-state index contributed by atoms with van der Waals surface area (Å²) in [6, 6.07) is 16.7. The molecule has 1 atom stereocenters. The first kappa shape index (κ1) is 16.4. The molecule has 0 fully saturated rings. The summed E-state index contributed by atoms with van der Waals surface area (Å²) >= 11 is 12.3. The number of halogens is 2. The molecule has 0 aliphatic rings. The van der Waals surface area contributed by atoms with Gasteiger partial charge in [0.15, 0.2) is 0 Å². The van der Waals surface area contributed by atoms with Crippen LogP contribution in [0.4, 0.5) is 0 Å². The van der Waals surface area contributed by atoms with Crippen molar-refractivity contribution in [3.05, 3.63) is 69.7 Å². The molecular formula is C18H21Cl2N. The van der Waals surface area contributed by atoms with Gasteiger partial charge in [0.25, 0.3) is 0 Å². The molecule has 2 aromatic carbocycles. The molecule has 0 heterocycles. The van der Waals surface area contributed by atoms with Gasteiger partial charge in [-0.05, 0) is 55.1 Å². The van der Waals surface area contributed by atoms with E-state index in [1.165, 1.54) is 5.56 Å². The molecule has 21 heavy (non-hydrogen) atoms. The van der Waals surface area contributed by atoms with Gasteiger partial charge in [-0.2, -0.15) is 0 Å². The molecule has 1 N–H and O–H groups in total. The summed E-state index contributed by atoms with van der Waals surface area (Å²) in [6.45, 7) is 3.09. The third-order valence-electron chi connectivity index (χ3n) is 3.59. The molecule has 0 bridgehead atoms. The van der Waals surface area contributed by atoms with E-state index in [2.05, 4.69) is 42.6 Å². The molecule has 0 saturated heterocycles. The SMILES string of the molecule is CCNC(CCc1ccccc1)Cc1cc(Cl)ccc1Cl. The Labute approximate surface area is 137 Å². The number of nitrogens with one attached hydrogen (secondary N) is 1. The lowest BCUT2D eigenvalue weighted by Crippen LogP contribution is -2.31. The summed E-state index contributed by atoms with van der Waals surface area (Å²) in [5.41, 5.74) is 2.49. The number of rotatable bonds is 7. The second kappa shape index (κ2) is 8.43. The normalized spacial score (nSPS) is 12.3. The van der Waals surface area contributed by atoms with E-state index < -0.39 is 0 Å². The predicted molar refractivity (Wildman–Crippen MR) is 92.4 cm³/mol. The quantitative estimate of drug-likeness (QED) is 0.743. The Bertz CT molecular complexity index is 554. The van der Waals surface area contributed by atoms with Crippen LogP contribution >= 0.6 is 23.2 Å². The third-order valence-corrected chi connectivity index (χ3v) is 4.19. The van der Waals surface area contributed by atoms with Crippen molar-refractivity contribution in [2.45, 2.75) is 32.2 Å². The van der Waals surface area contributed by atoms with Crippen molar-refractivity contribution in [3.8, 4) is 0 Å². The molecule has 1 nitrogen and oxygen atoms in total. The minimum atomic E-state index is 0.408. The van der Waals surface area contributed by atoms with E-state index in [-0.39, 0.29) is 0 Å². The van der Waals surface area contributed by atoms with Crippen LogP contribution in [0.25, 0.3) is 0 Å². The second-order valence-corrected chi connectivity index (χ2v) is 6.06. The zero-order valence-electron chi connectivity index (χ0n) is 12.3. The molecule has 112 valence electrons. The van der Waals surface area contributed by atoms with Crippen LogP contribution in [-0.2, 0) is 12.8 Å². The summed E-state index contributed by atoms with van der Waals surface area (Å²) in [4.78, 5) is 0. The Kier molecular flexibility index (Phi) is 6.56. The minimum absolute atomic E-state index is 0.408. The number of hydrogen-bond acceptors (Lipinski definition) is 1. The third kappa shape index (κ3) is 5.35. The monoisotopic (exact) mass is 321 g/mol. The number of hydrogen-bond donors (Lipinski definition) is 1. The van der Waals surface area contributed by atoms with Gasteiger partial charge in [-0.3, -0.25) is 0 Å². The highest BCUT2D eigenvalue weighted by atomic mass is 35.5. The Morgan fingerprint density at radius 2 is 1.81 bits per heavy atom. The summed E-state index contributed by atoms with van der Waals surface area (Å²) in [6.07, 6.45) is 3.05. The summed E-state index contributed by atoms with van der Waals surface area (Å²) in [5.74, 6) is 0. The van der Waals surface area contributed by atoms with Crippen LogP contribution < -0.4 is 5.32 Å². The van der Waals surface area contributed by atoms with Gasteiger partial charge >= 0.3 is 0 Å². The van der Waals surface area contributed by atoms with Gasteiger partial charge in [0.1, 0.15) is 0 Å². The predicted octanol–water partition coefficient (Wildman–Crippen LogP) is 5.15. The maximum Gasteiger partial charge on any atom is 0.0439 e. The largest absolute Gasteiger partial charge is 0.314 e. The van der Waals surface area contributed by atoms with E-state index in [1.54, 1.807) is 0 Å². The molecule has 0 aliphatic heterocycles. The second-order valence-electron chi connectivity index (χ2n) is 5.22. The van der Waals surface area contributed by atoms with Crippen molar-refractivity contribution >= 4 is 23.2 Å². The van der Waals surface area contributed by atoms with E-state index in [1.807, 2.05) is 18.2 Å². The first-order valence-corrected chi connectivity index (χ1v) is 8.16. The summed E-state index contributed by atoms with van der Waals surface area (Å²) < 4.78 is 0. The highest BCUT2D eigenvalue weighted by molar-refractivity contribution is 6.33. The van der Waals surface area contributed by atoms with Gasteiger partial charge in [0, 0.05) is 16.1 Å². The number of benzene rings is 2. The van der Waals surface area contributed by atoms with Gasteiger partial charge in [0.05, 0.1) is 0 Å². The zero-order valence-corrected chi connectivity index (χ0v) is 13.8. The molecule has 0 aromatic heterocycles. The zero-order chi connectivity index (χ0) is 15.1. The summed E-state index contributed by atoms with van der Waals surface area (Å²) in [5, 5.41) is 5.08. The van der Waals surface area contributed by atoms with E-state index in [4.69, 9.17) is 23.2 Å². The van der Waals surface area contributed by atoms with Crippen molar-refractivity contribution in [3.63, 3.8) is 0 Å². The standard InChI is InChI=1S/C18H21Cl2N/c1-2-21-17(10-8-14-6-4-3-5-7-14)13-15-12-16(19)9-11-18(15)20/h3-7,9,11-12,17,21H,2,8,10,13H2,1H3. The molecule has 0 amide bonds. The molecule has 2 rings (SSSR count). The topological polar surface area (TPSA) is 12.0 Å². The van der Waals surface area contributed by atoms with Gasteiger partial charge in [0.2, 0.25) is 0 Å².